The Bertz CT molecular complexity index is 508. The predicted molar refractivity (Wildman–Crippen MR) is 63.9 cm³/mol. The molecule has 16 heavy (non-hydrogen) atoms. The minimum absolute atomic E-state index is 0.798. The van der Waals surface area contributed by atoms with Gasteiger partial charge < -0.3 is 4.90 Å². The van der Waals surface area contributed by atoms with E-state index in [-0.39, 0.29) is 0 Å². The van der Waals surface area contributed by atoms with Crippen LogP contribution in [0.25, 0.3) is 0 Å². The van der Waals surface area contributed by atoms with Gasteiger partial charge >= 0.3 is 0 Å². The zero-order valence-corrected chi connectivity index (χ0v) is 9.22. The molecule has 1 aliphatic heterocycles. The number of hydrogen-bond donors (Lipinski definition) is 0. The number of aryl methyl sites for hydroxylation is 1. The molecule has 0 fully saturated rings. The summed E-state index contributed by atoms with van der Waals surface area (Å²) < 4.78 is 0. The second kappa shape index (κ2) is 3.59. The van der Waals surface area contributed by atoms with E-state index in [4.69, 9.17) is 0 Å². The van der Waals surface area contributed by atoms with Crippen LogP contribution in [0.1, 0.15) is 11.1 Å². The van der Waals surface area contributed by atoms with Crippen molar-refractivity contribution in [3.63, 3.8) is 0 Å². The molecule has 0 radical (unpaired) electrons. The van der Waals surface area contributed by atoms with Crippen molar-refractivity contribution in [3.8, 4) is 0 Å². The molecule has 0 N–H and O–H groups in total. The number of anilines is 2. The largest absolute Gasteiger partial charge is 0.310 e. The third kappa shape index (κ3) is 1.36. The Labute approximate surface area is 94.8 Å². The number of fused-ring (bicyclic) bond motifs is 1. The molecule has 3 nitrogen and oxygen atoms in total. The summed E-state index contributed by atoms with van der Waals surface area (Å²) in [7, 11) is 0. The molecule has 1 aliphatic rings. The summed E-state index contributed by atoms with van der Waals surface area (Å²) >= 11 is 0. The summed E-state index contributed by atoms with van der Waals surface area (Å²) in [5.41, 5.74) is 4.04. The normalized spacial score (nSPS) is 13.9. The van der Waals surface area contributed by atoms with E-state index < -0.39 is 0 Å². The average molecular weight is 211 g/mol. The minimum Gasteiger partial charge on any atom is -0.310 e. The zero-order valence-electron chi connectivity index (χ0n) is 9.22. The zero-order chi connectivity index (χ0) is 11.0. The van der Waals surface area contributed by atoms with E-state index in [0.29, 0.717) is 0 Å². The molecule has 0 aliphatic carbocycles. The summed E-state index contributed by atoms with van der Waals surface area (Å²) in [4.78, 5) is 10.8. The fraction of sp³-hybridized carbons (Fsp3) is 0.231. The Morgan fingerprint density at radius 1 is 1.12 bits per heavy atom. The SMILES string of the molecule is Cc1cccc2c1CCN2c1ncccn1. The third-order valence-electron chi connectivity index (χ3n) is 3.06. The van der Waals surface area contributed by atoms with Crippen LogP contribution in [0.3, 0.4) is 0 Å². The highest BCUT2D eigenvalue weighted by Gasteiger charge is 2.22. The molecule has 1 aromatic carbocycles. The van der Waals surface area contributed by atoms with Gasteiger partial charge in [-0.05, 0) is 36.6 Å². The molecule has 1 aromatic heterocycles. The van der Waals surface area contributed by atoms with Crippen molar-refractivity contribution in [2.45, 2.75) is 13.3 Å². The Hall–Kier alpha value is -1.90. The molecule has 0 saturated heterocycles. The molecular weight excluding hydrogens is 198 g/mol. The van der Waals surface area contributed by atoms with Crippen molar-refractivity contribution >= 4 is 11.6 Å². The lowest BCUT2D eigenvalue weighted by atomic mass is 10.1. The molecule has 2 aromatic rings. The third-order valence-corrected chi connectivity index (χ3v) is 3.06. The van der Waals surface area contributed by atoms with Gasteiger partial charge in [0.05, 0.1) is 0 Å². The average Bonchev–Trinajstić information content (AvgIpc) is 2.75. The molecular formula is C13H13N3. The standard InChI is InChI=1S/C13H13N3/c1-10-4-2-5-12-11(10)6-9-16(12)13-14-7-3-8-15-13/h2-5,7-8H,6,9H2,1H3. The van der Waals surface area contributed by atoms with Gasteiger partial charge in [-0.25, -0.2) is 9.97 Å². The monoisotopic (exact) mass is 211 g/mol. The van der Waals surface area contributed by atoms with E-state index in [1.807, 2.05) is 6.07 Å². The van der Waals surface area contributed by atoms with Crippen LogP contribution in [0, 0.1) is 6.92 Å². The van der Waals surface area contributed by atoms with Gasteiger partial charge in [0.15, 0.2) is 0 Å². The molecule has 80 valence electrons. The maximum atomic E-state index is 4.30. The van der Waals surface area contributed by atoms with Gasteiger partial charge in [-0.1, -0.05) is 12.1 Å². The fourth-order valence-electron chi connectivity index (χ4n) is 2.25. The smallest absolute Gasteiger partial charge is 0.229 e. The summed E-state index contributed by atoms with van der Waals surface area (Å²) in [6.07, 6.45) is 4.66. The van der Waals surface area contributed by atoms with Gasteiger partial charge in [0.1, 0.15) is 0 Å². The Morgan fingerprint density at radius 3 is 2.75 bits per heavy atom. The van der Waals surface area contributed by atoms with Gasteiger partial charge in [-0.15, -0.1) is 0 Å². The highest BCUT2D eigenvalue weighted by Crippen LogP contribution is 2.33. The molecule has 2 heterocycles. The molecule has 0 amide bonds. The van der Waals surface area contributed by atoms with Gasteiger partial charge in [0.2, 0.25) is 5.95 Å². The first kappa shape index (κ1) is 9.33. The van der Waals surface area contributed by atoms with E-state index in [0.717, 1.165) is 18.9 Å². The highest BCUT2D eigenvalue weighted by molar-refractivity contribution is 5.67. The minimum atomic E-state index is 0.798. The fourth-order valence-corrected chi connectivity index (χ4v) is 2.25. The maximum absolute atomic E-state index is 4.30. The first-order chi connectivity index (χ1) is 7.86. The summed E-state index contributed by atoms with van der Waals surface area (Å²) in [6.45, 7) is 3.14. The van der Waals surface area contributed by atoms with Gasteiger partial charge in [-0.2, -0.15) is 0 Å². The summed E-state index contributed by atoms with van der Waals surface area (Å²) in [5, 5.41) is 0. The van der Waals surface area contributed by atoms with Gasteiger partial charge in [-0.3, -0.25) is 0 Å². The quantitative estimate of drug-likeness (QED) is 0.725. The topological polar surface area (TPSA) is 29.0 Å². The number of aromatic nitrogens is 2. The van der Waals surface area contributed by atoms with Gasteiger partial charge in [0.25, 0.3) is 0 Å². The molecule has 3 heteroatoms. The molecule has 0 saturated carbocycles. The number of nitrogens with zero attached hydrogens (tertiary/aromatic N) is 3. The Kier molecular flexibility index (Phi) is 2.10. The van der Waals surface area contributed by atoms with Gasteiger partial charge in [0, 0.05) is 24.6 Å². The first-order valence-electron chi connectivity index (χ1n) is 5.49. The van der Waals surface area contributed by atoms with Crippen LogP contribution >= 0.6 is 0 Å². The van der Waals surface area contributed by atoms with E-state index in [9.17, 15) is 0 Å². The van der Waals surface area contributed by atoms with E-state index >= 15 is 0 Å². The Balaban J connectivity index is 2.07. The summed E-state index contributed by atoms with van der Waals surface area (Å²) in [5.74, 6) is 0.798. The second-order valence-corrected chi connectivity index (χ2v) is 4.02. The molecule has 0 atom stereocenters. The van der Waals surface area contributed by atoms with E-state index in [1.54, 1.807) is 12.4 Å². The van der Waals surface area contributed by atoms with Crippen LogP contribution in [0.5, 0.6) is 0 Å². The number of hydrogen-bond acceptors (Lipinski definition) is 3. The number of benzene rings is 1. The van der Waals surface area contributed by atoms with Crippen LogP contribution in [-0.4, -0.2) is 16.5 Å². The van der Waals surface area contributed by atoms with Crippen molar-refractivity contribution < 1.29 is 0 Å². The lowest BCUT2D eigenvalue weighted by Crippen LogP contribution is -2.15. The summed E-state index contributed by atoms with van der Waals surface area (Å²) in [6, 6.07) is 8.24. The molecule has 0 spiro atoms. The van der Waals surface area contributed by atoms with Crippen LogP contribution in [-0.2, 0) is 6.42 Å². The highest BCUT2D eigenvalue weighted by atomic mass is 15.3. The van der Waals surface area contributed by atoms with Crippen molar-refractivity contribution in [3.05, 3.63) is 47.8 Å². The lowest BCUT2D eigenvalue weighted by molar-refractivity contribution is 0.938. The van der Waals surface area contributed by atoms with E-state index in [2.05, 4.69) is 40.0 Å². The van der Waals surface area contributed by atoms with Crippen molar-refractivity contribution in [2.24, 2.45) is 0 Å². The van der Waals surface area contributed by atoms with Crippen LogP contribution in [0.2, 0.25) is 0 Å². The van der Waals surface area contributed by atoms with Crippen LogP contribution in [0.4, 0.5) is 11.6 Å². The van der Waals surface area contributed by atoms with Crippen molar-refractivity contribution in [1.82, 2.24) is 9.97 Å². The van der Waals surface area contributed by atoms with Crippen molar-refractivity contribution in [2.75, 3.05) is 11.4 Å². The second-order valence-electron chi connectivity index (χ2n) is 4.02. The Morgan fingerprint density at radius 2 is 1.94 bits per heavy atom. The molecule has 0 unspecified atom stereocenters. The maximum Gasteiger partial charge on any atom is 0.229 e. The predicted octanol–water partition coefficient (Wildman–Crippen LogP) is 2.48. The molecule has 3 rings (SSSR count). The first-order valence-corrected chi connectivity index (χ1v) is 5.49. The number of rotatable bonds is 1. The van der Waals surface area contributed by atoms with Crippen LogP contribution in [0.15, 0.2) is 36.7 Å². The van der Waals surface area contributed by atoms with Crippen LogP contribution < -0.4 is 4.90 Å². The lowest BCUT2D eigenvalue weighted by Gasteiger charge is -2.16. The molecule has 0 bridgehead atoms. The van der Waals surface area contributed by atoms with Crippen molar-refractivity contribution in [1.29, 1.82) is 0 Å². The van der Waals surface area contributed by atoms with E-state index in [1.165, 1.54) is 16.8 Å².